The van der Waals surface area contributed by atoms with Crippen molar-refractivity contribution in [3.63, 3.8) is 0 Å². The quantitative estimate of drug-likeness (QED) is 0.0929. The third kappa shape index (κ3) is 7.49. The summed E-state index contributed by atoms with van der Waals surface area (Å²) in [6, 6.07) is 34.0. The number of anilines is 1. The molecular weight excluding hydrogens is 691 g/mol. The molecule has 56 heavy (non-hydrogen) atoms. The lowest BCUT2D eigenvalue weighted by atomic mass is 9.76. The van der Waals surface area contributed by atoms with E-state index in [0.29, 0.717) is 18.0 Å². The number of hydrogen-bond acceptors (Lipinski definition) is 7. The Morgan fingerprint density at radius 1 is 0.714 bits per heavy atom. The molecule has 1 unspecified atom stereocenters. The Balaban J connectivity index is 1.05. The minimum absolute atomic E-state index is 0.00621. The van der Waals surface area contributed by atoms with E-state index in [2.05, 4.69) is 97.0 Å². The van der Waals surface area contributed by atoms with Crippen LogP contribution in [0, 0.1) is 34.5 Å². The van der Waals surface area contributed by atoms with Crippen LogP contribution < -0.4 is 14.4 Å². The summed E-state index contributed by atoms with van der Waals surface area (Å²) >= 11 is 0. The van der Waals surface area contributed by atoms with Gasteiger partial charge < -0.3 is 14.4 Å². The van der Waals surface area contributed by atoms with E-state index < -0.39 is 5.72 Å². The van der Waals surface area contributed by atoms with Crippen LogP contribution in [0.2, 0.25) is 0 Å². The molecule has 0 fully saturated rings. The summed E-state index contributed by atoms with van der Waals surface area (Å²) in [5, 5.41) is 19.5. The molecule has 1 atom stereocenters. The highest BCUT2D eigenvalue weighted by molar-refractivity contribution is 5.79. The van der Waals surface area contributed by atoms with Gasteiger partial charge in [0, 0.05) is 40.6 Å². The Morgan fingerprint density at radius 2 is 1.30 bits per heavy atom. The Morgan fingerprint density at radius 3 is 1.95 bits per heavy atom. The highest BCUT2D eigenvalue weighted by atomic mass is 16.5. The van der Waals surface area contributed by atoms with Crippen molar-refractivity contribution < 1.29 is 9.47 Å². The van der Waals surface area contributed by atoms with Crippen LogP contribution in [-0.4, -0.2) is 29.3 Å². The fraction of sp³-hybridized carbons (Fsp3) is 0.306. The van der Waals surface area contributed by atoms with E-state index in [1.54, 1.807) is 0 Å². The predicted molar refractivity (Wildman–Crippen MR) is 223 cm³/mol. The minimum Gasteiger partial charge on any atom is -0.494 e. The van der Waals surface area contributed by atoms with Crippen molar-refractivity contribution in [2.75, 3.05) is 18.6 Å². The number of benzene rings is 4. The molecule has 4 aromatic carbocycles. The van der Waals surface area contributed by atoms with Gasteiger partial charge in [-0.05, 0) is 98.6 Å². The average molecular weight is 738 g/mol. The number of unbranched alkanes of at least 4 members (excludes halogenated alkanes) is 7. The first-order valence-electron chi connectivity index (χ1n) is 19.7. The highest BCUT2D eigenvalue weighted by Gasteiger charge is 2.57. The molecule has 2 aliphatic heterocycles. The third-order valence-electron chi connectivity index (χ3n) is 11.1. The van der Waals surface area contributed by atoms with Gasteiger partial charge in [0.15, 0.2) is 11.4 Å². The minimum atomic E-state index is -0.629. The van der Waals surface area contributed by atoms with Crippen molar-refractivity contribution >= 4 is 11.8 Å². The van der Waals surface area contributed by atoms with Gasteiger partial charge in [-0.25, -0.2) is 9.97 Å². The number of nitrogens with zero attached hydrogens (tertiary/aromatic N) is 5. The molecule has 0 radical (unpaired) electrons. The first kappa shape index (κ1) is 37.9. The van der Waals surface area contributed by atoms with Crippen LogP contribution in [0.3, 0.4) is 0 Å². The zero-order valence-electron chi connectivity index (χ0n) is 32.7. The zero-order valence-corrected chi connectivity index (χ0v) is 32.7. The van der Waals surface area contributed by atoms with E-state index >= 15 is 0 Å². The summed E-state index contributed by atoms with van der Waals surface area (Å²) in [5.74, 6) is 8.21. The van der Waals surface area contributed by atoms with E-state index in [9.17, 15) is 10.5 Å². The molecular formula is C49H47N5O2. The smallest absolute Gasteiger partial charge is 0.211 e. The Bertz CT molecular complexity index is 2390. The molecule has 0 aliphatic carbocycles. The maximum atomic E-state index is 9.77. The van der Waals surface area contributed by atoms with E-state index in [1.807, 2.05) is 72.8 Å². The van der Waals surface area contributed by atoms with Crippen LogP contribution in [0.15, 0.2) is 97.1 Å². The van der Waals surface area contributed by atoms with Crippen LogP contribution in [-0.2, 0) is 5.41 Å². The van der Waals surface area contributed by atoms with Crippen LogP contribution in [0.4, 0.5) is 5.69 Å². The molecule has 0 saturated heterocycles. The van der Waals surface area contributed by atoms with Crippen molar-refractivity contribution in [1.82, 2.24) is 9.97 Å². The van der Waals surface area contributed by atoms with Gasteiger partial charge in [0.1, 0.15) is 23.6 Å². The molecule has 0 bridgehead atoms. The molecule has 0 N–H and O–H groups in total. The Hall–Kier alpha value is -6.36. The first-order valence-corrected chi connectivity index (χ1v) is 19.7. The summed E-state index contributed by atoms with van der Waals surface area (Å²) in [7, 11) is 2.09. The number of hydrogen-bond donors (Lipinski definition) is 0. The van der Waals surface area contributed by atoms with Crippen molar-refractivity contribution in [2.24, 2.45) is 0 Å². The first-order chi connectivity index (χ1) is 27.3. The van der Waals surface area contributed by atoms with Gasteiger partial charge in [0.25, 0.3) is 0 Å². The van der Waals surface area contributed by atoms with Gasteiger partial charge in [0.2, 0.25) is 5.72 Å². The van der Waals surface area contributed by atoms with E-state index in [1.165, 1.54) is 56.2 Å². The topological polar surface area (TPSA) is 95.1 Å². The van der Waals surface area contributed by atoms with Crippen LogP contribution in [0.25, 0.3) is 28.6 Å². The lowest BCUT2D eigenvalue weighted by molar-refractivity contribution is 0.0582. The monoisotopic (exact) mass is 737 g/mol. The van der Waals surface area contributed by atoms with Crippen LogP contribution in [0.5, 0.6) is 11.5 Å². The molecule has 2 aliphatic rings. The summed E-state index contributed by atoms with van der Waals surface area (Å²) in [6.07, 6.45) is 14.3. The van der Waals surface area contributed by atoms with Crippen molar-refractivity contribution in [1.29, 1.82) is 10.5 Å². The number of likely N-dealkylation sites (N-methyl/N-ethyl adjacent to an activating group) is 1. The van der Waals surface area contributed by atoms with Crippen LogP contribution in [0.1, 0.15) is 106 Å². The van der Waals surface area contributed by atoms with Gasteiger partial charge >= 0.3 is 0 Å². The molecule has 1 aromatic heterocycles. The fourth-order valence-corrected chi connectivity index (χ4v) is 7.84. The van der Waals surface area contributed by atoms with Crippen molar-refractivity contribution in [3.8, 4) is 58.0 Å². The summed E-state index contributed by atoms with van der Waals surface area (Å²) in [5.41, 5.74) is 6.81. The second kappa shape index (κ2) is 16.6. The summed E-state index contributed by atoms with van der Waals surface area (Å²) < 4.78 is 12.8. The third-order valence-corrected chi connectivity index (χ3v) is 11.1. The largest absolute Gasteiger partial charge is 0.494 e. The SMILES string of the molecule is CCCCCCCCCCOc1ccc(-c2nc(C#N)c(C#N)nc2-c2ccc(C#Cc3ccc4c(c3)C=CC3(O4)N(C)c4ccccc4C3(C)C)cc2)cc1. The standard InChI is InChI=1S/C49H47N5O2/c1-5-6-7-8-9-10-11-14-31-55-40-26-24-38(25-27-40)47-46(52-42(33-50)43(34-51)53-47)37-22-19-35(20-23-37)17-18-36-21-28-45-39(32-36)29-30-49(56-45)48(2,3)41-15-12-13-16-44(41)54(49)4/h12-13,15-16,19-30,32H,5-11,14,31H2,1-4H3. The summed E-state index contributed by atoms with van der Waals surface area (Å²) in [6.45, 7) is 7.39. The number of fused-ring (bicyclic) bond motifs is 2. The van der Waals surface area contributed by atoms with Crippen molar-refractivity contribution in [2.45, 2.75) is 83.3 Å². The molecule has 3 heterocycles. The number of aromatic nitrogens is 2. The number of para-hydroxylation sites is 1. The lowest BCUT2D eigenvalue weighted by Gasteiger charge is -2.45. The second-order valence-corrected chi connectivity index (χ2v) is 15.1. The molecule has 7 heteroatoms. The van der Waals surface area contributed by atoms with Crippen molar-refractivity contribution in [3.05, 3.63) is 131 Å². The number of nitriles is 2. The highest BCUT2D eigenvalue weighted by Crippen LogP contribution is 2.54. The molecule has 7 nitrogen and oxygen atoms in total. The second-order valence-electron chi connectivity index (χ2n) is 15.1. The molecule has 0 amide bonds. The lowest BCUT2D eigenvalue weighted by Crippen LogP contribution is -2.58. The zero-order chi connectivity index (χ0) is 39.1. The van der Waals surface area contributed by atoms with E-state index in [0.717, 1.165) is 45.7 Å². The summed E-state index contributed by atoms with van der Waals surface area (Å²) in [4.78, 5) is 11.5. The van der Waals surface area contributed by atoms with Gasteiger partial charge in [-0.1, -0.05) is 94.0 Å². The molecule has 5 aromatic rings. The van der Waals surface area contributed by atoms with E-state index in [4.69, 9.17) is 9.47 Å². The van der Waals surface area contributed by atoms with Gasteiger partial charge in [-0.15, -0.1) is 0 Å². The Labute approximate surface area is 331 Å². The van der Waals surface area contributed by atoms with Crippen LogP contribution >= 0.6 is 0 Å². The van der Waals surface area contributed by atoms with Gasteiger partial charge in [0.05, 0.1) is 23.4 Å². The number of rotatable bonds is 12. The maximum Gasteiger partial charge on any atom is 0.211 e. The molecule has 1 spiro atoms. The molecule has 280 valence electrons. The van der Waals surface area contributed by atoms with E-state index in [-0.39, 0.29) is 16.8 Å². The predicted octanol–water partition coefficient (Wildman–Crippen LogP) is 11.0. The van der Waals surface area contributed by atoms with Gasteiger partial charge in [-0.3, -0.25) is 0 Å². The molecule has 0 saturated carbocycles. The maximum absolute atomic E-state index is 9.77. The van der Waals surface area contributed by atoms with Gasteiger partial charge in [-0.2, -0.15) is 10.5 Å². The molecule has 7 rings (SSSR count). The normalized spacial score (nSPS) is 15.9. The average Bonchev–Trinajstić information content (AvgIpc) is 3.39. The Kier molecular flexibility index (Phi) is 11.2. The fourth-order valence-electron chi connectivity index (χ4n) is 7.84. The number of ether oxygens (including phenoxy) is 2.